The van der Waals surface area contributed by atoms with E-state index >= 15 is 0 Å². The maximum Gasteiger partial charge on any atom is 0.159 e. The van der Waals surface area contributed by atoms with Gasteiger partial charge in [-0.25, -0.2) is 0 Å². The van der Waals surface area contributed by atoms with Crippen molar-refractivity contribution in [3.05, 3.63) is 206 Å². The molecular weight excluding hydrogens is 621 g/mol. The van der Waals surface area contributed by atoms with E-state index in [0.29, 0.717) is 0 Å². The zero-order valence-electron chi connectivity index (χ0n) is 27.9. The Bertz CT molecular complexity index is 2520. The maximum atomic E-state index is 7.09. The van der Waals surface area contributed by atoms with Crippen LogP contribution in [0.4, 0.5) is 34.1 Å². The Morgan fingerprint density at radius 2 is 0.647 bits per heavy atom. The van der Waals surface area contributed by atoms with E-state index in [0.717, 1.165) is 61.6 Å². The average molecular weight is 655 g/mol. The lowest BCUT2D eigenvalue weighted by atomic mass is 10.0. The zero-order chi connectivity index (χ0) is 34.0. The van der Waals surface area contributed by atoms with Gasteiger partial charge in [-0.1, -0.05) is 146 Å². The molecule has 0 fully saturated rings. The van der Waals surface area contributed by atoms with Crippen LogP contribution in [0, 0.1) is 0 Å². The first kappa shape index (κ1) is 30.2. The summed E-state index contributed by atoms with van der Waals surface area (Å²) >= 11 is 0. The van der Waals surface area contributed by atoms with Crippen LogP contribution in [0.15, 0.2) is 211 Å². The van der Waals surface area contributed by atoms with Gasteiger partial charge in [0.05, 0.1) is 11.4 Å². The molecule has 3 nitrogen and oxygen atoms in total. The van der Waals surface area contributed by atoms with Crippen molar-refractivity contribution in [3.63, 3.8) is 0 Å². The summed E-state index contributed by atoms with van der Waals surface area (Å²) in [6.07, 6.45) is 0. The second-order valence-corrected chi connectivity index (χ2v) is 12.6. The van der Waals surface area contributed by atoms with Crippen LogP contribution in [0.1, 0.15) is 0 Å². The largest absolute Gasteiger partial charge is 0.452 e. The van der Waals surface area contributed by atoms with Crippen molar-refractivity contribution in [2.45, 2.75) is 0 Å². The van der Waals surface area contributed by atoms with E-state index in [1.165, 1.54) is 16.7 Å². The summed E-state index contributed by atoms with van der Waals surface area (Å²) < 4.78 is 7.09. The Labute approximate surface area is 297 Å². The molecule has 242 valence electrons. The molecular formula is C48H34N2O. The molecule has 9 rings (SSSR count). The van der Waals surface area contributed by atoms with Gasteiger partial charge in [0.1, 0.15) is 0 Å². The summed E-state index contributed by atoms with van der Waals surface area (Å²) in [5.41, 5.74) is 12.5. The number of nitrogens with zero attached hydrogens (tertiary/aromatic N) is 2. The third kappa shape index (κ3) is 5.71. The van der Waals surface area contributed by atoms with Crippen LogP contribution >= 0.6 is 0 Å². The fourth-order valence-electron chi connectivity index (χ4n) is 7.04. The van der Waals surface area contributed by atoms with Crippen molar-refractivity contribution in [2.75, 3.05) is 9.80 Å². The minimum atomic E-state index is 0.832. The zero-order valence-corrected chi connectivity index (χ0v) is 27.9. The minimum absolute atomic E-state index is 0.832. The monoisotopic (exact) mass is 654 g/mol. The van der Waals surface area contributed by atoms with Crippen molar-refractivity contribution in [1.82, 2.24) is 0 Å². The third-order valence-corrected chi connectivity index (χ3v) is 9.44. The van der Waals surface area contributed by atoms with Gasteiger partial charge in [-0.2, -0.15) is 0 Å². The van der Waals surface area contributed by atoms with E-state index in [4.69, 9.17) is 4.42 Å². The number of benzene rings is 8. The topological polar surface area (TPSA) is 19.6 Å². The molecule has 8 aromatic carbocycles. The summed E-state index contributed by atoms with van der Waals surface area (Å²) in [5.74, 6) is 0. The predicted octanol–water partition coefficient (Wildman–Crippen LogP) is 13.9. The van der Waals surface area contributed by atoms with Gasteiger partial charge in [-0.05, 0) is 82.9 Å². The predicted molar refractivity (Wildman–Crippen MR) is 214 cm³/mol. The number of hydrogen-bond donors (Lipinski definition) is 0. The van der Waals surface area contributed by atoms with Gasteiger partial charge in [0.15, 0.2) is 11.2 Å². The molecule has 3 heteroatoms. The summed E-state index contributed by atoms with van der Waals surface area (Å²) in [6.45, 7) is 0. The second kappa shape index (κ2) is 13.2. The molecule has 0 aliphatic rings. The summed E-state index contributed by atoms with van der Waals surface area (Å²) in [6, 6.07) is 72.5. The lowest BCUT2D eigenvalue weighted by Crippen LogP contribution is -2.10. The first-order valence-electron chi connectivity index (χ1n) is 17.3. The lowest BCUT2D eigenvalue weighted by molar-refractivity contribution is 0.669. The quantitative estimate of drug-likeness (QED) is 0.163. The molecule has 0 saturated heterocycles. The molecule has 9 aromatic rings. The molecule has 0 atom stereocenters. The van der Waals surface area contributed by atoms with E-state index in [1.54, 1.807) is 0 Å². The molecule has 0 aliphatic carbocycles. The van der Waals surface area contributed by atoms with E-state index in [2.05, 4.69) is 216 Å². The van der Waals surface area contributed by atoms with Gasteiger partial charge in [0.2, 0.25) is 0 Å². The van der Waals surface area contributed by atoms with Crippen molar-refractivity contribution < 1.29 is 4.42 Å². The van der Waals surface area contributed by atoms with Gasteiger partial charge in [-0.15, -0.1) is 0 Å². The van der Waals surface area contributed by atoms with Crippen molar-refractivity contribution in [2.24, 2.45) is 0 Å². The van der Waals surface area contributed by atoms with Crippen molar-refractivity contribution in [3.8, 4) is 22.3 Å². The van der Waals surface area contributed by atoms with Gasteiger partial charge in [-0.3, -0.25) is 0 Å². The molecule has 1 aromatic heterocycles. The number of para-hydroxylation sites is 4. The molecule has 0 amide bonds. The lowest BCUT2D eigenvalue weighted by Gasteiger charge is -2.26. The Kier molecular flexibility index (Phi) is 7.84. The normalized spacial score (nSPS) is 11.1. The fourth-order valence-corrected chi connectivity index (χ4v) is 7.04. The highest BCUT2D eigenvalue weighted by Crippen LogP contribution is 2.46. The first-order valence-corrected chi connectivity index (χ1v) is 17.3. The number of furan rings is 1. The number of hydrogen-bond acceptors (Lipinski definition) is 3. The summed E-state index contributed by atoms with van der Waals surface area (Å²) in [4.78, 5) is 4.59. The van der Waals surface area contributed by atoms with Crippen LogP contribution in [-0.2, 0) is 0 Å². The molecule has 51 heavy (non-hydrogen) atoms. The highest BCUT2D eigenvalue weighted by Gasteiger charge is 2.23. The van der Waals surface area contributed by atoms with Crippen molar-refractivity contribution in [1.29, 1.82) is 0 Å². The Morgan fingerprint density at radius 3 is 1.18 bits per heavy atom. The highest BCUT2D eigenvalue weighted by atomic mass is 16.3. The van der Waals surface area contributed by atoms with Crippen molar-refractivity contribution >= 4 is 56.1 Å². The average Bonchev–Trinajstić information content (AvgIpc) is 3.60. The molecule has 0 saturated carbocycles. The molecule has 0 radical (unpaired) electrons. The molecule has 0 unspecified atom stereocenters. The summed E-state index contributed by atoms with van der Waals surface area (Å²) in [5, 5.41) is 2.13. The fraction of sp³-hybridized carbons (Fsp3) is 0. The van der Waals surface area contributed by atoms with Crippen LogP contribution in [0.3, 0.4) is 0 Å². The molecule has 0 aliphatic heterocycles. The highest BCUT2D eigenvalue weighted by molar-refractivity contribution is 6.14. The van der Waals surface area contributed by atoms with Gasteiger partial charge in [0, 0.05) is 33.5 Å². The molecule has 1 heterocycles. The van der Waals surface area contributed by atoms with Gasteiger partial charge < -0.3 is 14.2 Å². The van der Waals surface area contributed by atoms with Crippen LogP contribution in [-0.4, -0.2) is 0 Å². The van der Waals surface area contributed by atoms with Gasteiger partial charge >= 0.3 is 0 Å². The van der Waals surface area contributed by atoms with E-state index < -0.39 is 0 Å². The van der Waals surface area contributed by atoms with Crippen LogP contribution in [0.5, 0.6) is 0 Å². The van der Waals surface area contributed by atoms with E-state index in [1.807, 2.05) is 0 Å². The number of rotatable bonds is 8. The third-order valence-electron chi connectivity index (χ3n) is 9.44. The molecule has 0 N–H and O–H groups in total. The first-order chi connectivity index (χ1) is 25.3. The smallest absolute Gasteiger partial charge is 0.159 e. The molecule has 0 spiro atoms. The number of fused-ring (bicyclic) bond motifs is 3. The minimum Gasteiger partial charge on any atom is -0.452 e. The van der Waals surface area contributed by atoms with Crippen LogP contribution in [0.2, 0.25) is 0 Å². The number of anilines is 6. The Morgan fingerprint density at radius 1 is 0.275 bits per heavy atom. The SMILES string of the molecule is c1ccc(-c2ccc(N(c3cccc(-c4ccccc4)c3)c3cccc4c3oc3c(N(c5ccccc5)c5ccccc5)cccc34)cc2)cc1. The molecule has 0 bridgehead atoms. The second-order valence-electron chi connectivity index (χ2n) is 12.6. The van der Waals surface area contributed by atoms with E-state index in [-0.39, 0.29) is 0 Å². The van der Waals surface area contributed by atoms with Crippen LogP contribution in [0.25, 0.3) is 44.2 Å². The Hall–Kier alpha value is -6.84. The van der Waals surface area contributed by atoms with Gasteiger partial charge in [0.25, 0.3) is 0 Å². The van der Waals surface area contributed by atoms with E-state index in [9.17, 15) is 0 Å². The Balaban J connectivity index is 1.25. The summed E-state index contributed by atoms with van der Waals surface area (Å²) in [7, 11) is 0. The van der Waals surface area contributed by atoms with Crippen LogP contribution < -0.4 is 9.80 Å². The maximum absolute atomic E-state index is 7.09. The standard InChI is InChI=1S/C48H34N2O/c1-5-16-35(17-6-1)37-30-32-41(33-31-37)50(42-25-13-20-38(34-42)36-18-7-2-8-19-36)46-29-15-27-44-43-26-14-28-45(47(43)51-48(44)46)49(39-21-9-3-10-22-39)40-23-11-4-12-24-40/h1-34H.